The van der Waals surface area contributed by atoms with E-state index in [1.54, 1.807) is 49.9 Å². The topological polar surface area (TPSA) is 113 Å². The Bertz CT molecular complexity index is 1970. The highest BCUT2D eigenvalue weighted by molar-refractivity contribution is 7.90. The third-order valence-corrected chi connectivity index (χ3v) is 9.85. The van der Waals surface area contributed by atoms with E-state index in [4.69, 9.17) is 16.3 Å². The zero-order valence-electron chi connectivity index (χ0n) is 27.0. The number of hydrogen-bond acceptors (Lipinski definition) is 7. The van der Waals surface area contributed by atoms with Crippen molar-refractivity contribution in [2.24, 2.45) is 0 Å². The van der Waals surface area contributed by atoms with Gasteiger partial charge in [0.15, 0.2) is 11.6 Å². The van der Waals surface area contributed by atoms with E-state index in [0.717, 1.165) is 10.4 Å². The molecular formula is C33H35ClF3N7O4S. The molecule has 2 fully saturated rings. The molecule has 0 aliphatic carbocycles. The Hall–Kier alpha value is -4.34. The molecule has 0 spiro atoms. The predicted molar refractivity (Wildman–Crippen MR) is 181 cm³/mol. The molecule has 0 radical (unpaired) electrons. The van der Waals surface area contributed by atoms with Crippen LogP contribution in [0.1, 0.15) is 27.2 Å². The molecule has 0 bridgehead atoms. The fourth-order valence-electron chi connectivity index (χ4n) is 5.74. The number of halogens is 4. The van der Waals surface area contributed by atoms with Crippen LogP contribution in [0.15, 0.2) is 61.1 Å². The summed E-state index contributed by atoms with van der Waals surface area (Å²) >= 11 is 6.37. The summed E-state index contributed by atoms with van der Waals surface area (Å²) in [7, 11) is -4.28. The Morgan fingerprint density at radius 1 is 1.00 bits per heavy atom. The van der Waals surface area contributed by atoms with Crippen molar-refractivity contribution >= 4 is 39.3 Å². The number of aromatic nitrogens is 3. The number of anilines is 2. The van der Waals surface area contributed by atoms with Crippen LogP contribution in [0.25, 0.3) is 28.1 Å². The van der Waals surface area contributed by atoms with Crippen molar-refractivity contribution in [1.82, 2.24) is 24.0 Å². The van der Waals surface area contributed by atoms with Crippen LogP contribution in [-0.2, 0) is 14.9 Å². The molecule has 2 aromatic heterocycles. The number of carbonyl (C=O) groups excluding carboxylic acids is 1. The fourth-order valence-corrected chi connectivity index (χ4v) is 7.22. The van der Waals surface area contributed by atoms with Gasteiger partial charge in [-0.2, -0.15) is 17.8 Å². The third kappa shape index (κ3) is 7.63. The molecule has 2 aliphatic rings. The Morgan fingerprint density at radius 2 is 1.71 bits per heavy atom. The van der Waals surface area contributed by atoms with Crippen molar-refractivity contribution in [2.75, 3.05) is 48.9 Å². The second kappa shape index (κ2) is 13.5. The van der Waals surface area contributed by atoms with E-state index in [-0.39, 0.29) is 47.0 Å². The molecule has 0 unspecified atom stereocenters. The van der Waals surface area contributed by atoms with Crippen LogP contribution >= 0.6 is 11.6 Å². The number of amides is 1. The van der Waals surface area contributed by atoms with Gasteiger partial charge in [0, 0.05) is 85.3 Å². The molecular weight excluding hydrogens is 683 g/mol. The maximum atomic E-state index is 16.2. The lowest BCUT2D eigenvalue weighted by Gasteiger charge is -2.36. The van der Waals surface area contributed by atoms with Crippen molar-refractivity contribution in [2.45, 2.75) is 39.0 Å². The summed E-state index contributed by atoms with van der Waals surface area (Å²) in [5.74, 6) is -1.54. The number of nitrogens with zero attached hydrogens (tertiary/aromatic N) is 6. The van der Waals surface area contributed by atoms with Crippen molar-refractivity contribution in [3.63, 3.8) is 0 Å². The van der Waals surface area contributed by atoms with Gasteiger partial charge in [-0.05, 0) is 69.7 Å². The largest absolute Gasteiger partial charge is 0.444 e. The predicted octanol–water partition coefficient (Wildman–Crippen LogP) is 6.29. The first-order chi connectivity index (χ1) is 23.2. The van der Waals surface area contributed by atoms with Crippen LogP contribution < -0.4 is 9.62 Å². The average molecular weight is 718 g/mol. The minimum atomic E-state index is -4.28. The SMILES string of the molecule is CC(C)(C)OC(=O)N1CCN(c2ccc(-n3cc(-c4cc(Cl)cc(NS(=O)(=O)N5CC[C@@H](F)C5)c4F)c(-c4ccncc4)n3)c(F)c2)CC1. The number of ether oxygens (including phenoxy) is 1. The van der Waals surface area contributed by atoms with Gasteiger partial charge < -0.3 is 14.5 Å². The van der Waals surface area contributed by atoms with E-state index in [9.17, 15) is 17.6 Å². The summed E-state index contributed by atoms with van der Waals surface area (Å²) in [6.07, 6.45) is 2.83. The highest BCUT2D eigenvalue weighted by Gasteiger charge is 2.33. The molecule has 4 heterocycles. The van der Waals surface area contributed by atoms with Crippen LogP contribution in [0.2, 0.25) is 5.02 Å². The van der Waals surface area contributed by atoms with Gasteiger partial charge in [-0.25, -0.2) is 22.6 Å². The van der Waals surface area contributed by atoms with E-state index >= 15 is 8.78 Å². The summed E-state index contributed by atoms with van der Waals surface area (Å²) in [4.78, 5) is 20.1. The van der Waals surface area contributed by atoms with Crippen LogP contribution in [0.5, 0.6) is 0 Å². The summed E-state index contributed by atoms with van der Waals surface area (Å²) in [5.41, 5.74) is 0.573. The molecule has 260 valence electrons. The van der Waals surface area contributed by atoms with Crippen LogP contribution in [0, 0.1) is 11.6 Å². The van der Waals surface area contributed by atoms with Gasteiger partial charge in [-0.3, -0.25) is 9.71 Å². The number of piperazine rings is 1. The Morgan fingerprint density at radius 3 is 2.35 bits per heavy atom. The van der Waals surface area contributed by atoms with Crippen molar-refractivity contribution in [3.05, 3.63) is 77.7 Å². The standard InChI is InChI=1S/C33H35ClF3N7O4S/c1-33(2,3)48-32(45)42-14-12-41(13-15-42)24-4-5-29(27(36)18-24)44-20-26(31(39-44)21-6-9-38-10-7-21)25-16-22(34)17-28(30(25)37)40-49(46,47)43-11-8-23(35)19-43/h4-7,9-10,16-18,20,23,40H,8,11-15,19H2,1-3H3/t23-/m1/s1. The summed E-state index contributed by atoms with van der Waals surface area (Å²) in [6, 6.07) is 10.4. The molecule has 6 rings (SSSR count). The van der Waals surface area contributed by atoms with Crippen molar-refractivity contribution in [1.29, 1.82) is 0 Å². The van der Waals surface area contributed by atoms with Crippen LogP contribution in [-0.4, -0.2) is 89.5 Å². The van der Waals surface area contributed by atoms with Gasteiger partial charge in [0.25, 0.3) is 0 Å². The van der Waals surface area contributed by atoms with Gasteiger partial charge in [-0.1, -0.05) is 11.6 Å². The second-order valence-electron chi connectivity index (χ2n) is 12.8. The lowest BCUT2D eigenvalue weighted by molar-refractivity contribution is 0.0240. The molecule has 4 aromatic rings. The minimum absolute atomic E-state index is 0.0228. The molecule has 2 aromatic carbocycles. The van der Waals surface area contributed by atoms with Crippen LogP contribution in [0.4, 0.5) is 29.3 Å². The minimum Gasteiger partial charge on any atom is -0.444 e. The highest BCUT2D eigenvalue weighted by atomic mass is 35.5. The number of carbonyl (C=O) groups is 1. The zero-order valence-corrected chi connectivity index (χ0v) is 28.6. The Kier molecular flexibility index (Phi) is 9.52. The van der Waals surface area contributed by atoms with E-state index in [1.807, 2.05) is 4.90 Å². The lowest BCUT2D eigenvalue weighted by Crippen LogP contribution is -2.50. The van der Waals surface area contributed by atoms with E-state index in [0.29, 0.717) is 37.4 Å². The summed E-state index contributed by atoms with van der Waals surface area (Å²) in [5, 5.41) is 4.64. The molecule has 11 nitrogen and oxygen atoms in total. The Labute approximate surface area is 287 Å². The van der Waals surface area contributed by atoms with E-state index < -0.39 is 45.4 Å². The second-order valence-corrected chi connectivity index (χ2v) is 14.9. The number of pyridine rings is 1. The molecule has 2 saturated heterocycles. The maximum Gasteiger partial charge on any atom is 0.410 e. The highest BCUT2D eigenvalue weighted by Crippen LogP contribution is 2.38. The monoisotopic (exact) mass is 717 g/mol. The number of benzene rings is 2. The Balaban J connectivity index is 1.31. The first kappa shape index (κ1) is 34.5. The van der Waals surface area contributed by atoms with Gasteiger partial charge in [0.05, 0.1) is 5.69 Å². The zero-order chi connectivity index (χ0) is 35.1. The molecule has 49 heavy (non-hydrogen) atoms. The first-order valence-corrected chi connectivity index (χ1v) is 17.4. The number of alkyl halides is 1. The van der Waals surface area contributed by atoms with Crippen molar-refractivity contribution < 1.29 is 31.1 Å². The average Bonchev–Trinajstić information content (AvgIpc) is 3.69. The molecule has 1 amide bonds. The number of nitrogens with one attached hydrogen (secondary N) is 1. The quantitative estimate of drug-likeness (QED) is 0.239. The number of hydrogen-bond donors (Lipinski definition) is 1. The van der Waals surface area contributed by atoms with Gasteiger partial charge >= 0.3 is 16.3 Å². The van der Waals surface area contributed by atoms with Gasteiger partial charge in [0.2, 0.25) is 0 Å². The maximum absolute atomic E-state index is 16.2. The smallest absolute Gasteiger partial charge is 0.410 e. The summed E-state index contributed by atoms with van der Waals surface area (Å²) in [6.45, 7) is 6.81. The van der Waals surface area contributed by atoms with E-state index in [1.165, 1.54) is 35.4 Å². The third-order valence-electron chi connectivity index (χ3n) is 8.14. The first-order valence-electron chi connectivity index (χ1n) is 15.6. The molecule has 2 aliphatic heterocycles. The molecule has 1 atom stereocenters. The number of rotatable bonds is 7. The van der Waals surface area contributed by atoms with E-state index in [2.05, 4.69) is 14.8 Å². The van der Waals surface area contributed by atoms with Gasteiger partial charge in [0.1, 0.15) is 23.2 Å². The molecule has 1 N–H and O–H groups in total. The van der Waals surface area contributed by atoms with Crippen molar-refractivity contribution in [3.8, 4) is 28.1 Å². The molecule has 16 heteroatoms. The normalized spacial score (nSPS) is 17.4. The lowest BCUT2D eigenvalue weighted by atomic mass is 10.0. The fraction of sp³-hybridized carbons (Fsp3) is 0.364. The van der Waals surface area contributed by atoms with Crippen LogP contribution in [0.3, 0.4) is 0 Å². The van der Waals surface area contributed by atoms with Gasteiger partial charge in [-0.15, -0.1) is 0 Å². The molecule has 0 saturated carbocycles. The summed E-state index contributed by atoms with van der Waals surface area (Å²) < 4.78 is 81.5.